The summed E-state index contributed by atoms with van der Waals surface area (Å²) >= 11 is 0. The van der Waals surface area contributed by atoms with Gasteiger partial charge >= 0.3 is 0 Å². The molecule has 122 valence electrons. The van der Waals surface area contributed by atoms with Crippen molar-refractivity contribution >= 4 is 26.5 Å². The van der Waals surface area contributed by atoms with Crippen LogP contribution in [0.2, 0.25) is 0 Å². The van der Waals surface area contributed by atoms with E-state index in [1.165, 1.54) is 0 Å². The molecule has 3 rings (SSSR count). The SMILES string of the molecule is Cc1ccc(S(=O)(=O)CNC(=O)c2cccc3ccccc23)cc1. The highest BCUT2D eigenvalue weighted by Gasteiger charge is 2.17. The Kier molecular flexibility index (Phi) is 4.36. The monoisotopic (exact) mass is 339 g/mol. The van der Waals surface area contributed by atoms with Gasteiger partial charge in [-0.25, -0.2) is 8.42 Å². The molecule has 0 unspecified atom stereocenters. The molecule has 0 aliphatic carbocycles. The molecule has 0 saturated heterocycles. The van der Waals surface area contributed by atoms with Crippen LogP contribution in [0.1, 0.15) is 15.9 Å². The number of nitrogens with one attached hydrogen (secondary N) is 1. The Hall–Kier alpha value is -2.66. The van der Waals surface area contributed by atoms with Crippen molar-refractivity contribution in [3.63, 3.8) is 0 Å². The molecule has 0 fully saturated rings. The lowest BCUT2D eigenvalue weighted by Crippen LogP contribution is -2.29. The van der Waals surface area contributed by atoms with Gasteiger partial charge in [0.1, 0.15) is 5.88 Å². The molecule has 0 aromatic heterocycles. The van der Waals surface area contributed by atoms with Crippen LogP contribution in [0.15, 0.2) is 71.6 Å². The minimum atomic E-state index is -3.57. The topological polar surface area (TPSA) is 63.2 Å². The molecule has 24 heavy (non-hydrogen) atoms. The number of amides is 1. The predicted octanol–water partition coefficient (Wildman–Crippen LogP) is 3.31. The number of benzene rings is 3. The first kappa shape index (κ1) is 16.2. The van der Waals surface area contributed by atoms with Gasteiger partial charge in [0.2, 0.25) is 0 Å². The summed E-state index contributed by atoms with van der Waals surface area (Å²) in [5, 5.41) is 4.25. The van der Waals surface area contributed by atoms with Gasteiger partial charge in [-0.15, -0.1) is 0 Å². The Labute approximate surface area is 141 Å². The average Bonchev–Trinajstić information content (AvgIpc) is 2.59. The fourth-order valence-corrected chi connectivity index (χ4v) is 3.55. The summed E-state index contributed by atoms with van der Waals surface area (Å²) in [5.41, 5.74) is 1.45. The third-order valence-electron chi connectivity index (χ3n) is 3.84. The number of carbonyl (C=O) groups is 1. The van der Waals surface area contributed by atoms with Gasteiger partial charge in [0.05, 0.1) is 4.90 Å². The first-order valence-corrected chi connectivity index (χ1v) is 9.18. The van der Waals surface area contributed by atoms with Gasteiger partial charge in [0, 0.05) is 5.56 Å². The first-order valence-electron chi connectivity index (χ1n) is 7.53. The van der Waals surface area contributed by atoms with Crippen LogP contribution in [0.3, 0.4) is 0 Å². The molecule has 5 heteroatoms. The number of aryl methyl sites for hydroxylation is 1. The van der Waals surface area contributed by atoms with Crippen LogP contribution in [0.25, 0.3) is 10.8 Å². The third kappa shape index (κ3) is 3.31. The lowest BCUT2D eigenvalue weighted by atomic mass is 10.0. The standard InChI is InChI=1S/C19H17NO3S/c1-14-9-11-16(12-10-14)24(22,23)13-20-19(21)18-8-4-6-15-5-2-3-7-17(15)18/h2-12H,13H2,1H3,(H,20,21). The second-order valence-electron chi connectivity index (χ2n) is 5.60. The normalized spacial score (nSPS) is 11.4. The average molecular weight is 339 g/mol. The maximum absolute atomic E-state index is 12.4. The molecular formula is C19H17NO3S. The van der Waals surface area contributed by atoms with Gasteiger partial charge < -0.3 is 5.32 Å². The first-order chi connectivity index (χ1) is 11.5. The molecule has 0 radical (unpaired) electrons. The van der Waals surface area contributed by atoms with Crippen LogP contribution < -0.4 is 5.32 Å². The quantitative estimate of drug-likeness (QED) is 0.793. The van der Waals surface area contributed by atoms with Crippen molar-refractivity contribution < 1.29 is 13.2 Å². The molecule has 3 aromatic rings. The zero-order chi connectivity index (χ0) is 17.2. The third-order valence-corrected chi connectivity index (χ3v) is 5.35. The summed E-state index contributed by atoms with van der Waals surface area (Å²) in [4.78, 5) is 12.6. The Morgan fingerprint density at radius 2 is 1.58 bits per heavy atom. The molecule has 0 spiro atoms. The van der Waals surface area contributed by atoms with Crippen molar-refractivity contribution in [1.29, 1.82) is 0 Å². The van der Waals surface area contributed by atoms with E-state index in [9.17, 15) is 13.2 Å². The molecule has 0 aliphatic heterocycles. The van der Waals surface area contributed by atoms with Gasteiger partial charge in [0.25, 0.3) is 5.91 Å². The molecule has 1 N–H and O–H groups in total. The minimum absolute atomic E-state index is 0.200. The van der Waals surface area contributed by atoms with E-state index in [0.29, 0.717) is 5.56 Å². The Morgan fingerprint density at radius 1 is 0.917 bits per heavy atom. The van der Waals surface area contributed by atoms with E-state index in [1.807, 2.05) is 37.3 Å². The fraction of sp³-hybridized carbons (Fsp3) is 0.105. The molecule has 3 aromatic carbocycles. The van der Waals surface area contributed by atoms with Crippen molar-refractivity contribution in [2.75, 3.05) is 5.88 Å². The van der Waals surface area contributed by atoms with Gasteiger partial charge in [-0.1, -0.05) is 54.1 Å². The van der Waals surface area contributed by atoms with Crippen LogP contribution in [-0.2, 0) is 9.84 Å². The summed E-state index contributed by atoms with van der Waals surface area (Å²) in [6.07, 6.45) is 0. The second kappa shape index (κ2) is 6.45. The smallest absolute Gasteiger partial charge is 0.252 e. The zero-order valence-electron chi connectivity index (χ0n) is 13.2. The second-order valence-corrected chi connectivity index (χ2v) is 7.59. The highest BCUT2D eigenvalue weighted by molar-refractivity contribution is 7.91. The molecule has 0 atom stereocenters. The number of sulfone groups is 1. The van der Waals surface area contributed by atoms with Crippen molar-refractivity contribution in [1.82, 2.24) is 5.32 Å². The zero-order valence-corrected chi connectivity index (χ0v) is 14.0. The summed E-state index contributed by atoms with van der Waals surface area (Å²) in [7, 11) is -3.57. The van der Waals surface area contributed by atoms with E-state index in [0.717, 1.165) is 16.3 Å². The molecule has 0 aliphatic rings. The van der Waals surface area contributed by atoms with E-state index in [1.54, 1.807) is 36.4 Å². The Morgan fingerprint density at radius 3 is 2.33 bits per heavy atom. The molecular weight excluding hydrogens is 322 g/mol. The number of carbonyl (C=O) groups excluding carboxylic acids is 1. The summed E-state index contributed by atoms with van der Waals surface area (Å²) in [6.45, 7) is 1.89. The largest absolute Gasteiger partial charge is 0.338 e. The Balaban J connectivity index is 1.81. The van der Waals surface area contributed by atoms with Crippen LogP contribution in [-0.4, -0.2) is 20.2 Å². The van der Waals surface area contributed by atoms with Gasteiger partial charge in [-0.2, -0.15) is 0 Å². The molecule has 0 heterocycles. The van der Waals surface area contributed by atoms with Gasteiger partial charge in [-0.05, 0) is 35.9 Å². The van der Waals surface area contributed by atoms with Crippen LogP contribution >= 0.6 is 0 Å². The van der Waals surface area contributed by atoms with Crippen molar-refractivity contribution in [2.45, 2.75) is 11.8 Å². The number of hydrogen-bond donors (Lipinski definition) is 1. The van der Waals surface area contributed by atoms with Crippen LogP contribution in [0.4, 0.5) is 0 Å². The number of hydrogen-bond acceptors (Lipinski definition) is 3. The van der Waals surface area contributed by atoms with Crippen LogP contribution in [0, 0.1) is 6.92 Å². The Bertz CT molecular complexity index is 987. The summed E-state index contributed by atoms with van der Waals surface area (Å²) in [6, 6.07) is 19.5. The van der Waals surface area contributed by atoms with Gasteiger partial charge in [-0.3, -0.25) is 4.79 Å². The van der Waals surface area contributed by atoms with Crippen LogP contribution in [0.5, 0.6) is 0 Å². The predicted molar refractivity (Wildman–Crippen MR) is 94.6 cm³/mol. The fourth-order valence-electron chi connectivity index (χ4n) is 2.51. The molecule has 1 amide bonds. The van der Waals surface area contributed by atoms with E-state index in [2.05, 4.69) is 5.32 Å². The molecule has 4 nitrogen and oxygen atoms in total. The van der Waals surface area contributed by atoms with E-state index in [4.69, 9.17) is 0 Å². The highest BCUT2D eigenvalue weighted by atomic mass is 32.2. The number of fused-ring (bicyclic) bond motifs is 1. The number of rotatable bonds is 4. The molecule has 0 saturated carbocycles. The van der Waals surface area contributed by atoms with Crippen molar-refractivity contribution in [3.05, 3.63) is 77.9 Å². The minimum Gasteiger partial charge on any atom is -0.338 e. The lowest BCUT2D eigenvalue weighted by Gasteiger charge is -2.09. The molecule has 0 bridgehead atoms. The maximum atomic E-state index is 12.4. The summed E-state index contributed by atoms with van der Waals surface area (Å²) < 4.78 is 24.7. The van der Waals surface area contributed by atoms with E-state index in [-0.39, 0.29) is 4.90 Å². The van der Waals surface area contributed by atoms with Crippen molar-refractivity contribution in [2.24, 2.45) is 0 Å². The van der Waals surface area contributed by atoms with Gasteiger partial charge in [0.15, 0.2) is 9.84 Å². The maximum Gasteiger partial charge on any atom is 0.252 e. The van der Waals surface area contributed by atoms with Crippen molar-refractivity contribution in [3.8, 4) is 0 Å². The van der Waals surface area contributed by atoms with E-state index < -0.39 is 21.6 Å². The highest BCUT2D eigenvalue weighted by Crippen LogP contribution is 2.18. The van der Waals surface area contributed by atoms with E-state index >= 15 is 0 Å². The summed E-state index contributed by atoms with van der Waals surface area (Å²) in [5.74, 6) is -0.833. The lowest BCUT2D eigenvalue weighted by molar-refractivity contribution is 0.0961.